The second kappa shape index (κ2) is 10.4. The maximum Gasteiger partial charge on any atom is 0.240 e. The molecule has 2 N–H and O–H groups in total. The summed E-state index contributed by atoms with van der Waals surface area (Å²) in [6.45, 7) is 3.74. The normalized spacial score (nSPS) is 12.5. The average Bonchev–Trinajstić information content (AvgIpc) is 2.78. The highest BCUT2D eigenvalue weighted by molar-refractivity contribution is 7.89. The molecule has 0 saturated carbocycles. The van der Waals surface area contributed by atoms with Crippen molar-refractivity contribution < 1.29 is 13.2 Å². The predicted molar refractivity (Wildman–Crippen MR) is 124 cm³/mol. The van der Waals surface area contributed by atoms with E-state index in [0.717, 1.165) is 11.1 Å². The second-order valence-corrected chi connectivity index (χ2v) is 9.30. The van der Waals surface area contributed by atoms with Crippen molar-refractivity contribution >= 4 is 21.6 Å². The summed E-state index contributed by atoms with van der Waals surface area (Å²) in [5, 5.41) is 2.89. The number of hydrogen-bond donors (Lipinski definition) is 2. The van der Waals surface area contributed by atoms with Crippen LogP contribution in [-0.4, -0.2) is 20.4 Å². The SMILES string of the molecule is CCC(C)NS(=O)(=O)c1ccc(NC(=O)CC(c2ccccc2)c2ccccc2)cc1. The van der Waals surface area contributed by atoms with Crippen molar-refractivity contribution in [2.24, 2.45) is 0 Å². The first-order chi connectivity index (χ1) is 14.9. The first-order valence-corrected chi connectivity index (χ1v) is 11.9. The van der Waals surface area contributed by atoms with Crippen molar-refractivity contribution in [3.63, 3.8) is 0 Å². The fourth-order valence-corrected chi connectivity index (χ4v) is 4.66. The third-order valence-corrected chi connectivity index (χ3v) is 6.82. The van der Waals surface area contributed by atoms with Crippen molar-refractivity contribution in [2.45, 2.75) is 43.5 Å². The molecule has 3 aromatic carbocycles. The van der Waals surface area contributed by atoms with Gasteiger partial charge in [0.05, 0.1) is 4.90 Å². The molecular weight excluding hydrogens is 408 g/mol. The number of nitrogens with one attached hydrogen (secondary N) is 2. The van der Waals surface area contributed by atoms with Gasteiger partial charge in [-0.2, -0.15) is 0 Å². The van der Waals surface area contributed by atoms with Gasteiger partial charge in [0, 0.05) is 24.1 Å². The molecule has 3 rings (SSSR count). The Kier molecular flexibility index (Phi) is 7.60. The molecule has 0 bridgehead atoms. The Morgan fingerprint density at radius 3 is 1.84 bits per heavy atom. The Hall–Kier alpha value is -2.96. The van der Waals surface area contributed by atoms with E-state index in [9.17, 15) is 13.2 Å². The van der Waals surface area contributed by atoms with Crippen molar-refractivity contribution in [3.8, 4) is 0 Å². The van der Waals surface area contributed by atoms with Crippen LogP contribution in [0.15, 0.2) is 89.8 Å². The van der Waals surface area contributed by atoms with Crippen LogP contribution >= 0.6 is 0 Å². The van der Waals surface area contributed by atoms with Crippen LogP contribution in [0.1, 0.15) is 43.7 Å². The molecule has 31 heavy (non-hydrogen) atoms. The summed E-state index contributed by atoms with van der Waals surface area (Å²) in [5.74, 6) is -0.201. The van der Waals surface area contributed by atoms with Gasteiger partial charge < -0.3 is 5.32 Å². The molecule has 0 heterocycles. The minimum atomic E-state index is -3.57. The lowest BCUT2D eigenvalue weighted by Crippen LogP contribution is -2.31. The van der Waals surface area contributed by atoms with Crippen LogP contribution in [-0.2, 0) is 14.8 Å². The minimum Gasteiger partial charge on any atom is -0.326 e. The van der Waals surface area contributed by atoms with Gasteiger partial charge in [-0.25, -0.2) is 13.1 Å². The molecule has 0 radical (unpaired) electrons. The van der Waals surface area contributed by atoms with E-state index < -0.39 is 10.0 Å². The van der Waals surface area contributed by atoms with Gasteiger partial charge in [-0.05, 0) is 48.7 Å². The molecule has 1 unspecified atom stereocenters. The van der Waals surface area contributed by atoms with Crippen LogP contribution in [0.25, 0.3) is 0 Å². The Balaban J connectivity index is 1.72. The van der Waals surface area contributed by atoms with Gasteiger partial charge in [-0.15, -0.1) is 0 Å². The van der Waals surface area contributed by atoms with Crippen LogP contribution in [0.5, 0.6) is 0 Å². The molecule has 0 aromatic heterocycles. The summed E-state index contributed by atoms with van der Waals surface area (Å²) >= 11 is 0. The molecule has 0 aliphatic heterocycles. The van der Waals surface area contributed by atoms with Crippen molar-refractivity contribution in [1.82, 2.24) is 4.72 Å². The minimum absolute atomic E-state index is 0.0678. The van der Waals surface area contributed by atoms with Crippen molar-refractivity contribution in [1.29, 1.82) is 0 Å². The molecule has 0 spiro atoms. The van der Waals surface area contributed by atoms with Gasteiger partial charge in [0.1, 0.15) is 0 Å². The van der Waals surface area contributed by atoms with Gasteiger partial charge in [0.15, 0.2) is 0 Å². The summed E-state index contributed by atoms with van der Waals surface area (Å²) in [5.41, 5.74) is 2.70. The fourth-order valence-electron chi connectivity index (χ4n) is 3.33. The molecule has 1 atom stereocenters. The molecule has 0 aliphatic carbocycles. The van der Waals surface area contributed by atoms with E-state index >= 15 is 0 Å². The maximum atomic E-state index is 12.8. The van der Waals surface area contributed by atoms with E-state index in [1.54, 1.807) is 12.1 Å². The van der Waals surface area contributed by atoms with Crippen LogP contribution in [0.2, 0.25) is 0 Å². The van der Waals surface area contributed by atoms with E-state index in [-0.39, 0.29) is 29.2 Å². The molecule has 1 amide bonds. The number of hydrogen-bond acceptors (Lipinski definition) is 3. The summed E-state index contributed by atoms with van der Waals surface area (Å²) in [6, 6.07) is 26.0. The zero-order chi connectivity index (χ0) is 22.3. The standard InChI is InChI=1S/C25H28N2O3S/c1-3-19(2)27-31(29,30)23-16-14-22(15-17-23)26-25(28)18-24(20-10-6-4-7-11-20)21-12-8-5-9-13-21/h4-17,19,24,27H,3,18H2,1-2H3,(H,26,28). The number of carbonyl (C=O) groups excluding carboxylic acids is 1. The predicted octanol–water partition coefficient (Wildman–Crippen LogP) is 4.92. The number of benzene rings is 3. The summed E-state index contributed by atoms with van der Waals surface area (Å²) < 4.78 is 27.4. The van der Waals surface area contributed by atoms with Gasteiger partial charge in [-0.3, -0.25) is 4.79 Å². The lowest BCUT2D eigenvalue weighted by Gasteiger charge is -2.18. The van der Waals surface area contributed by atoms with E-state index in [2.05, 4.69) is 10.0 Å². The Morgan fingerprint density at radius 1 is 0.839 bits per heavy atom. The Bertz CT molecular complexity index is 1040. The third-order valence-electron chi connectivity index (χ3n) is 5.21. The largest absolute Gasteiger partial charge is 0.326 e. The number of rotatable bonds is 9. The number of anilines is 1. The molecule has 0 aliphatic rings. The monoisotopic (exact) mass is 436 g/mol. The van der Waals surface area contributed by atoms with E-state index in [0.29, 0.717) is 12.1 Å². The Labute approximate surface area is 184 Å². The van der Waals surface area contributed by atoms with E-state index in [1.165, 1.54) is 12.1 Å². The Morgan fingerprint density at radius 2 is 1.35 bits per heavy atom. The summed E-state index contributed by atoms with van der Waals surface area (Å²) in [7, 11) is -3.57. The van der Waals surface area contributed by atoms with Crippen molar-refractivity contribution in [3.05, 3.63) is 96.1 Å². The van der Waals surface area contributed by atoms with Gasteiger partial charge >= 0.3 is 0 Å². The lowest BCUT2D eigenvalue weighted by molar-refractivity contribution is -0.116. The average molecular weight is 437 g/mol. The number of amides is 1. The smallest absolute Gasteiger partial charge is 0.240 e. The summed E-state index contributed by atoms with van der Waals surface area (Å²) in [6.07, 6.45) is 0.987. The molecule has 5 nitrogen and oxygen atoms in total. The van der Waals surface area contributed by atoms with E-state index in [4.69, 9.17) is 0 Å². The summed E-state index contributed by atoms with van der Waals surface area (Å²) in [4.78, 5) is 13.0. The highest BCUT2D eigenvalue weighted by atomic mass is 32.2. The molecule has 0 fully saturated rings. The highest BCUT2D eigenvalue weighted by Gasteiger charge is 2.19. The number of sulfonamides is 1. The van der Waals surface area contributed by atoms with Gasteiger partial charge in [0.25, 0.3) is 0 Å². The molecule has 0 saturated heterocycles. The molecule has 162 valence electrons. The zero-order valence-corrected chi connectivity index (χ0v) is 18.6. The highest BCUT2D eigenvalue weighted by Crippen LogP contribution is 2.28. The van der Waals surface area contributed by atoms with Gasteiger partial charge in [-0.1, -0.05) is 67.6 Å². The topological polar surface area (TPSA) is 75.3 Å². The molecule has 6 heteroatoms. The van der Waals surface area contributed by atoms with Crippen LogP contribution in [0.4, 0.5) is 5.69 Å². The van der Waals surface area contributed by atoms with Crippen molar-refractivity contribution in [2.75, 3.05) is 5.32 Å². The first kappa shape index (κ1) is 22.7. The van der Waals surface area contributed by atoms with Crippen LogP contribution in [0.3, 0.4) is 0 Å². The third kappa shape index (κ3) is 6.26. The molecular formula is C25H28N2O3S. The van der Waals surface area contributed by atoms with Crippen LogP contribution in [0, 0.1) is 0 Å². The lowest BCUT2D eigenvalue weighted by atomic mass is 9.88. The van der Waals surface area contributed by atoms with Crippen LogP contribution < -0.4 is 10.0 Å². The van der Waals surface area contributed by atoms with E-state index in [1.807, 2.05) is 74.5 Å². The maximum absolute atomic E-state index is 12.8. The quantitative estimate of drug-likeness (QED) is 0.500. The number of carbonyl (C=O) groups is 1. The van der Waals surface area contributed by atoms with Gasteiger partial charge in [0.2, 0.25) is 15.9 Å². The zero-order valence-electron chi connectivity index (χ0n) is 17.8. The second-order valence-electron chi connectivity index (χ2n) is 7.58. The first-order valence-electron chi connectivity index (χ1n) is 10.4. The molecule has 3 aromatic rings. The fraction of sp³-hybridized carbons (Fsp3) is 0.240.